The molecule has 0 bridgehead atoms. The highest BCUT2D eigenvalue weighted by Crippen LogP contribution is 2.11. The number of nitrogens with one attached hydrogen (secondary N) is 2. The summed E-state index contributed by atoms with van der Waals surface area (Å²) in [6, 6.07) is 10.0. The van der Waals surface area contributed by atoms with Crippen molar-refractivity contribution < 1.29 is 32.3 Å². The fourth-order valence-corrected chi connectivity index (χ4v) is 3.15. The summed E-state index contributed by atoms with van der Waals surface area (Å²) in [5.41, 5.74) is 0.256. The normalized spacial score (nSPS) is 10.9. The van der Waals surface area contributed by atoms with Crippen LogP contribution in [-0.2, 0) is 19.4 Å². The van der Waals surface area contributed by atoms with E-state index in [2.05, 4.69) is 10.6 Å². The van der Waals surface area contributed by atoms with E-state index in [1.54, 1.807) is 0 Å². The first-order valence-corrected chi connectivity index (χ1v) is 9.36. The molecule has 0 spiro atoms. The quantitative estimate of drug-likeness (QED) is 0.653. The zero-order valence-electron chi connectivity index (χ0n) is 13.8. The first kappa shape index (κ1) is 20.0. The summed E-state index contributed by atoms with van der Waals surface area (Å²) in [6.07, 6.45) is 0. The molecule has 0 aromatic heterocycles. The SMILES string of the molecule is O=C(CS(=O)(=O)CC(=O)Nc1cccc(C(=O)O)c1)Nc1ccc(F)cc1. The number of amides is 2. The van der Waals surface area contributed by atoms with Gasteiger partial charge in [-0.3, -0.25) is 9.59 Å². The molecule has 2 aromatic rings. The monoisotopic (exact) mass is 394 g/mol. The molecule has 0 aliphatic heterocycles. The molecule has 0 fully saturated rings. The molecule has 0 unspecified atom stereocenters. The maximum absolute atomic E-state index is 12.8. The lowest BCUT2D eigenvalue weighted by Crippen LogP contribution is -2.30. The summed E-state index contributed by atoms with van der Waals surface area (Å²) in [6.45, 7) is 0. The van der Waals surface area contributed by atoms with Gasteiger partial charge in [0.25, 0.3) is 0 Å². The van der Waals surface area contributed by atoms with E-state index in [9.17, 15) is 27.2 Å². The van der Waals surface area contributed by atoms with Crippen molar-refractivity contribution in [3.05, 3.63) is 59.9 Å². The second-order valence-corrected chi connectivity index (χ2v) is 7.59. The van der Waals surface area contributed by atoms with E-state index in [0.29, 0.717) is 0 Å². The van der Waals surface area contributed by atoms with Gasteiger partial charge in [0.2, 0.25) is 11.8 Å². The summed E-state index contributed by atoms with van der Waals surface area (Å²) in [5, 5.41) is 13.4. The predicted octanol–water partition coefficient (Wildman–Crippen LogP) is 1.52. The van der Waals surface area contributed by atoms with Crippen LogP contribution in [0.25, 0.3) is 0 Å². The lowest BCUT2D eigenvalue weighted by atomic mass is 10.2. The Morgan fingerprint density at radius 1 is 0.889 bits per heavy atom. The molecule has 3 N–H and O–H groups in total. The van der Waals surface area contributed by atoms with Gasteiger partial charge in [0.1, 0.15) is 17.3 Å². The molecule has 0 saturated heterocycles. The van der Waals surface area contributed by atoms with Crippen molar-refractivity contribution in [3.8, 4) is 0 Å². The zero-order chi connectivity index (χ0) is 20.0. The van der Waals surface area contributed by atoms with Crippen molar-refractivity contribution in [2.75, 3.05) is 22.1 Å². The molecule has 0 aliphatic rings. The Kier molecular flexibility index (Phi) is 6.24. The molecule has 10 heteroatoms. The minimum Gasteiger partial charge on any atom is -0.478 e. The van der Waals surface area contributed by atoms with Gasteiger partial charge in [0.15, 0.2) is 9.84 Å². The van der Waals surface area contributed by atoms with Gasteiger partial charge >= 0.3 is 5.97 Å². The Bertz CT molecular complexity index is 973. The van der Waals surface area contributed by atoms with Gasteiger partial charge in [-0.1, -0.05) is 6.07 Å². The van der Waals surface area contributed by atoms with Gasteiger partial charge in [-0.2, -0.15) is 0 Å². The number of anilines is 2. The van der Waals surface area contributed by atoms with Crippen molar-refractivity contribution in [3.63, 3.8) is 0 Å². The van der Waals surface area contributed by atoms with E-state index in [1.165, 1.54) is 36.4 Å². The van der Waals surface area contributed by atoms with Crippen molar-refractivity contribution in [2.24, 2.45) is 0 Å². The molecule has 0 saturated carbocycles. The molecule has 0 heterocycles. The fraction of sp³-hybridized carbons (Fsp3) is 0.118. The number of carbonyl (C=O) groups is 3. The first-order chi connectivity index (χ1) is 12.6. The number of halogens is 1. The summed E-state index contributed by atoms with van der Waals surface area (Å²) < 4.78 is 36.8. The number of rotatable bonds is 7. The van der Waals surface area contributed by atoms with Crippen LogP contribution >= 0.6 is 0 Å². The van der Waals surface area contributed by atoms with Crippen LogP contribution in [0.1, 0.15) is 10.4 Å². The Morgan fingerprint density at radius 3 is 2.00 bits per heavy atom. The molecule has 2 aromatic carbocycles. The lowest BCUT2D eigenvalue weighted by molar-refractivity contribution is -0.114. The number of carboxylic acids is 1. The minimum absolute atomic E-state index is 0.0747. The second-order valence-electron chi connectivity index (χ2n) is 5.52. The van der Waals surface area contributed by atoms with E-state index >= 15 is 0 Å². The number of carboxylic acid groups (broad SMARTS) is 1. The molecule has 27 heavy (non-hydrogen) atoms. The van der Waals surface area contributed by atoms with Crippen LogP contribution in [0.5, 0.6) is 0 Å². The van der Waals surface area contributed by atoms with Crippen molar-refractivity contribution >= 4 is 39.0 Å². The largest absolute Gasteiger partial charge is 0.478 e. The third-order valence-corrected chi connectivity index (χ3v) is 4.63. The highest BCUT2D eigenvalue weighted by atomic mass is 32.2. The molecule has 0 atom stereocenters. The summed E-state index contributed by atoms with van der Waals surface area (Å²) in [4.78, 5) is 34.6. The van der Waals surface area contributed by atoms with Gasteiger partial charge in [0, 0.05) is 11.4 Å². The third kappa shape index (κ3) is 6.51. The Balaban J connectivity index is 1.93. The second kappa shape index (κ2) is 8.41. The van der Waals surface area contributed by atoms with E-state index in [4.69, 9.17) is 5.11 Å². The van der Waals surface area contributed by atoms with Gasteiger partial charge in [-0.05, 0) is 42.5 Å². The van der Waals surface area contributed by atoms with E-state index < -0.39 is 44.9 Å². The van der Waals surface area contributed by atoms with Crippen LogP contribution < -0.4 is 10.6 Å². The number of hydrogen-bond donors (Lipinski definition) is 3. The van der Waals surface area contributed by atoms with Crippen molar-refractivity contribution in [1.29, 1.82) is 0 Å². The van der Waals surface area contributed by atoms with Crippen molar-refractivity contribution in [2.45, 2.75) is 0 Å². The molecule has 142 valence electrons. The molecule has 2 amide bonds. The molecule has 2 rings (SSSR count). The average molecular weight is 394 g/mol. The van der Waals surface area contributed by atoms with E-state index in [0.717, 1.165) is 12.1 Å². The standard InChI is InChI=1S/C17H15FN2O6S/c18-12-4-6-13(7-5-12)19-15(21)9-27(25,26)10-16(22)20-14-3-1-2-11(8-14)17(23)24/h1-8H,9-10H2,(H,19,21)(H,20,22)(H,23,24). The smallest absolute Gasteiger partial charge is 0.335 e. The topological polar surface area (TPSA) is 130 Å². The molecular weight excluding hydrogens is 379 g/mol. The molecule has 0 aliphatic carbocycles. The highest BCUT2D eigenvalue weighted by molar-refractivity contribution is 7.92. The van der Waals surface area contributed by atoms with Gasteiger partial charge < -0.3 is 15.7 Å². The number of sulfone groups is 1. The van der Waals surface area contributed by atoms with Crippen LogP contribution in [0.2, 0.25) is 0 Å². The van der Waals surface area contributed by atoms with Crippen LogP contribution in [0.4, 0.5) is 15.8 Å². The third-order valence-electron chi connectivity index (χ3n) is 3.22. The summed E-state index contributed by atoms with van der Waals surface area (Å²) in [5.74, 6) is -5.39. The number of hydrogen-bond acceptors (Lipinski definition) is 5. The van der Waals surface area contributed by atoms with Crippen LogP contribution in [0, 0.1) is 5.82 Å². The number of benzene rings is 2. The molecule has 0 radical (unpaired) electrons. The predicted molar refractivity (Wildman–Crippen MR) is 95.7 cm³/mol. The molecular formula is C17H15FN2O6S. The van der Waals surface area contributed by atoms with Crippen LogP contribution in [-0.4, -0.2) is 42.8 Å². The van der Waals surface area contributed by atoms with Gasteiger partial charge in [0.05, 0.1) is 5.56 Å². The van der Waals surface area contributed by atoms with E-state index in [-0.39, 0.29) is 16.9 Å². The number of aromatic carboxylic acids is 1. The Morgan fingerprint density at radius 2 is 1.44 bits per heavy atom. The van der Waals surface area contributed by atoms with E-state index in [1.807, 2.05) is 0 Å². The molecule has 8 nitrogen and oxygen atoms in total. The summed E-state index contributed by atoms with van der Waals surface area (Å²) in [7, 11) is -4.07. The lowest BCUT2D eigenvalue weighted by Gasteiger charge is -2.08. The zero-order valence-corrected chi connectivity index (χ0v) is 14.6. The maximum Gasteiger partial charge on any atom is 0.335 e. The van der Waals surface area contributed by atoms with Crippen molar-refractivity contribution in [1.82, 2.24) is 0 Å². The van der Waals surface area contributed by atoms with Crippen LogP contribution in [0.15, 0.2) is 48.5 Å². The van der Waals surface area contributed by atoms with Gasteiger partial charge in [-0.25, -0.2) is 17.6 Å². The fourth-order valence-electron chi connectivity index (χ4n) is 2.11. The first-order valence-electron chi connectivity index (χ1n) is 7.54. The van der Waals surface area contributed by atoms with Crippen LogP contribution in [0.3, 0.4) is 0 Å². The minimum atomic E-state index is -4.07. The average Bonchev–Trinajstić information content (AvgIpc) is 2.55. The highest BCUT2D eigenvalue weighted by Gasteiger charge is 2.21. The maximum atomic E-state index is 12.8. The Hall–Kier alpha value is -3.27. The number of carbonyl (C=O) groups excluding carboxylic acids is 2. The summed E-state index contributed by atoms with van der Waals surface area (Å²) >= 11 is 0. The van der Waals surface area contributed by atoms with Gasteiger partial charge in [-0.15, -0.1) is 0 Å². The Labute approximate surface area is 153 Å².